The first-order valence-corrected chi connectivity index (χ1v) is 3.23. The molecule has 0 bridgehead atoms. The van der Waals surface area contributed by atoms with Gasteiger partial charge in [0.2, 0.25) is 0 Å². The number of hydrogen-bond donors (Lipinski definition) is 0. The fourth-order valence-electron chi connectivity index (χ4n) is 1.20. The maximum atomic E-state index is 2.19. The van der Waals surface area contributed by atoms with Crippen molar-refractivity contribution in [3.63, 3.8) is 0 Å². The maximum absolute atomic E-state index is 2.19. The molecule has 1 rings (SSSR count). The van der Waals surface area contributed by atoms with Crippen LogP contribution in [0, 0.1) is 20.8 Å². The Labute approximate surface area is 72.8 Å². The van der Waals surface area contributed by atoms with Gasteiger partial charge in [0.1, 0.15) is 0 Å². The first-order valence-electron chi connectivity index (χ1n) is 3.23. The number of rotatable bonds is 0. The van der Waals surface area contributed by atoms with Crippen LogP contribution in [0.5, 0.6) is 0 Å². The summed E-state index contributed by atoms with van der Waals surface area (Å²) < 4.78 is 0. The molecule has 0 fully saturated rings. The van der Waals surface area contributed by atoms with E-state index in [1.807, 2.05) is 0 Å². The Bertz CT molecular complexity index is 165. The van der Waals surface area contributed by atoms with Crippen molar-refractivity contribution in [1.29, 1.82) is 0 Å². The average Bonchev–Trinajstić information content (AvgIpc) is 1.59. The number of benzene rings is 1. The molecule has 0 atom stereocenters. The minimum absolute atomic E-state index is 0. The quantitative estimate of drug-likeness (QED) is 0.574. The Morgan fingerprint density at radius 1 is 0.700 bits per heavy atom. The van der Waals surface area contributed by atoms with Crippen LogP contribution in [0.1, 0.15) is 16.7 Å². The van der Waals surface area contributed by atoms with E-state index in [4.69, 9.17) is 0 Å². The van der Waals surface area contributed by atoms with Crippen LogP contribution in [0.15, 0.2) is 18.2 Å². The molecule has 0 aliphatic rings. The van der Waals surface area contributed by atoms with Gasteiger partial charge in [-0.3, -0.25) is 0 Å². The Hall–Kier alpha value is -0.274. The summed E-state index contributed by atoms with van der Waals surface area (Å²) in [5.41, 5.74) is 4.06. The van der Waals surface area contributed by atoms with Crippen LogP contribution in [0.2, 0.25) is 0 Å². The zero-order valence-electron chi connectivity index (χ0n) is 6.57. The fraction of sp³-hybridized carbons (Fsp3) is 0.333. The van der Waals surface area contributed by atoms with Crippen molar-refractivity contribution in [2.75, 3.05) is 0 Å². The molecule has 1 aromatic rings. The molecule has 0 unspecified atom stereocenters. The molecule has 0 saturated carbocycles. The molecule has 1 radical (unpaired) electrons. The van der Waals surface area contributed by atoms with Crippen molar-refractivity contribution in [3.05, 3.63) is 34.9 Å². The van der Waals surface area contributed by atoms with E-state index in [1.54, 1.807) is 0 Å². The van der Waals surface area contributed by atoms with Gasteiger partial charge in [-0.05, 0) is 20.8 Å². The summed E-state index contributed by atoms with van der Waals surface area (Å²) in [5.74, 6) is 0. The monoisotopic (exact) mass is 179 g/mol. The van der Waals surface area contributed by atoms with Gasteiger partial charge in [0, 0.05) is 16.8 Å². The third-order valence-corrected chi connectivity index (χ3v) is 1.37. The largest absolute Gasteiger partial charge is 0.0564 e. The number of aryl methyl sites for hydroxylation is 3. The van der Waals surface area contributed by atoms with Crippen molar-refractivity contribution in [2.24, 2.45) is 0 Å². The summed E-state index contributed by atoms with van der Waals surface area (Å²) in [6.45, 7) is 6.38. The van der Waals surface area contributed by atoms with E-state index in [1.165, 1.54) is 16.7 Å². The summed E-state index contributed by atoms with van der Waals surface area (Å²) in [4.78, 5) is 0. The minimum Gasteiger partial charge on any atom is -0.0564 e. The molecule has 0 N–H and O–H groups in total. The first-order chi connectivity index (χ1) is 4.18. The molecule has 0 spiro atoms. The smallest absolute Gasteiger partial charge is 0 e. The van der Waals surface area contributed by atoms with Gasteiger partial charge >= 0.3 is 0 Å². The summed E-state index contributed by atoms with van der Waals surface area (Å²) in [6.07, 6.45) is 0. The van der Waals surface area contributed by atoms with Crippen LogP contribution >= 0.6 is 0 Å². The van der Waals surface area contributed by atoms with Crippen LogP contribution in [0.25, 0.3) is 0 Å². The summed E-state index contributed by atoms with van der Waals surface area (Å²) in [5, 5.41) is 0. The Morgan fingerprint density at radius 3 is 1.10 bits per heavy atom. The first kappa shape index (κ1) is 9.73. The molecule has 1 aromatic carbocycles. The molecular weight excluding hydrogens is 167 g/mol. The SMILES string of the molecule is Cc1cc(C)cc(C)c1.[Co]. The molecule has 57 valence electrons. The van der Waals surface area contributed by atoms with E-state index in [2.05, 4.69) is 39.0 Å². The third kappa shape index (κ3) is 2.54. The predicted octanol–water partition coefficient (Wildman–Crippen LogP) is 2.61. The van der Waals surface area contributed by atoms with Crippen LogP contribution in [-0.4, -0.2) is 0 Å². The van der Waals surface area contributed by atoms with Gasteiger partial charge in [-0.2, -0.15) is 0 Å². The van der Waals surface area contributed by atoms with Crippen LogP contribution in [0.4, 0.5) is 0 Å². The Morgan fingerprint density at radius 2 is 0.900 bits per heavy atom. The van der Waals surface area contributed by atoms with E-state index < -0.39 is 0 Å². The predicted molar refractivity (Wildman–Crippen MR) is 40.7 cm³/mol. The Kier molecular flexibility index (Phi) is 3.68. The summed E-state index contributed by atoms with van der Waals surface area (Å²) in [6, 6.07) is 6.56. The Balaban J connectivity index is 0.000000810. The van der Waals surface area contributed by atoms with Gasteiger partial charge in [0.15, 0.2) is 0 Å². The summed E-state index contributed by atoms with van der Waals surface area (Å²) in [7, 11) is 0. The van der Waals surface area contributed by atoms with Gasteiger partial charge in [0.05, 0.1) is 0 Å². The molecule has 0 heterocycles. The van der Waals surface area contributed by atoms with Gasteiger partial charge in [-0.1, -0.05) is 34.9 Å². The van der Waals surface area contributed by atoms with Crippen molar-refractivity contribution in [1.82, 2.24) is 0 Å². The van der Waals surface area contributed by atoms with Gasteiger partial charge in [-0.15, -0.1) is 0 Å². The van der Waals surface area contributed by atoms with Crippen molar-refractivity contribution in [2.45, 2.75) is 20.8 Å². The van der Waals surface area contributed by atoms with Gasteiger partial charge < -0.3 is 0 Å². The van der Waals surface area contributed by atoms with Gasteiger partial charge in [-0.25, -0.2) is 0 Å². The van der Waals surface area contributed by atoms with E-state index in [0.717, 1.165) is 0 Å². The second-order valence-electron chi connectivity index (χ2n) is 2.67. The molecular formula is C9H12Co. The van der Waals surface area contributed by atoms with Crippen molar-refractivity contribution >= 4 is 0 Å². The maximum Gasteiger partial charge on any atom is 0 e. The number of hydrogen-bond acceptors (Lipinski definition) is 0. The second-order valence-corrected chi connectivity index (χ2v) is 2.67. The van der Waals surface area contributed by atoms with E-state index in [-0.39, 0.29) is 16.8 Å². The van der Waals surface area contributed by atoms with E-state index in [0.29, 0.717) is 0 Å². The standard InChI is InChI=1S/C9H12.Co/c1-7-4-8(2)6-9(3)5-7;/h4-6H,1-3H3;. The molecule has 0 saturated heterocycles. The average molecular weight is 179 g/mol. The molecule has 0 amide bonds. The fourth-order valence-corrected chi connectivity index (χ4v) is 1.20. The van der Waals surface area contributed by atoms with Crippen LogP contribution < -0.4 is 0 Å². The molecule has 0 aromatic heterocycles. The van der Waals surface area contributed by atoms with Crippen molar-refractivity contribution < 1.29 is 16.8 Å². The second kappa shape index (κ2) is 3.79. The van der Waals surface area contributed by atoms with Gasteiger partial charge in [0.25, 0.3) is 0 Å². The topological polar surface area (TPSA) is 0 Å². The van der Waals surface area contributed by atoms with Crippen LogP contribution in [-0.2, 0) is 16.8 Å². The molecule has 10 heavy (non-hydrogen) atoms. The van der Waals surface area contributed by atoms with Crippen molar-refractivity contribution in [3.8, 4) is 0 Å². The summed E-state index contributed by atoms with van der Waals surface area (Å²) >= 11 is 0. The zero-order valence-corrected chi connectivity index (χ0v) is 7.61. The zero-order chi connectivity index (χ0) is 6.85. The molecule has 0 aliphatic carbocycles. The third-order valence-electron chi connectivity index (χ3n) is 1.37. The van der Waals surface area contributed by atoms with E-state index in [9.17, 15) is 0 Å². The molecule has 0 nitrogen and oxygen atoms in total. The van der Waals surface area contributed by atoms with E-state index >= 15 is 0 Å². The molecule has 0 aliphatic heterocycles. The normalized spacial score (nSPS) is 8.70. The molecule has 1 heteroatoms. The van der Waals surface area contributed by atoms with Crippen LogP contribution in [0.3, 0.4) is 0 Å². The minimum atomic E-state index is 0.